The van der Waals surface area contributed by atoms with Crippen LogP contribution in [0.25, 0.3) is 0 Å². The standard InChI is InChI=1S/C11H17FN2O4S2/c1-3-8(4-2)14-20(17,18)11-6-5-9(7-10(11)12)19(13,15)16/h5-8,14H,3-4H2,1-2H3,(H2,13,15,16). The highest BCUT2D eigenvalue weighted by molar-refractivity contribution is 7.89. The number of hydrogen-bond donors (Lipinski definition) is 2. The number of benzene rings is 1. The summed E-state index contributed by atoms with van der Waals surface area (Å²) in [7, 11) is -8.11. The Labute approximate surface area is 118 Å². The molecule has 0 radical (unpaired) electrons. The molecule has 6 nitrogen and oxygen atoms in total. The average Bonchev–Trinajstić information content (AvgIpc) is 2.34. The van der Waals surface area contributed by atoms with Gasteiger partial charge < -0.3 is 0 Å². The molecule has 0 aromatic heterocycles. The van der Waals surface area contributed by atoms with E-state index in [0.29, 0.717) is 18.9 Å². The van der Waals surface area contributed by atoms with Crippen LogP contribution in [0.5, 0.6) is 0 Å². The quantitative estimate of drug-likeness (QED) is 0.812. The number of hydrogen-bond acceptors (Lipinski definition) is 4. The zero-order chi connectivity index (χ0) is 15.6. The summed E-state index contributed by atoms with van der Waals surface area (Å²) in [4.78, 5) is -1.08. The third-order valence-electron chi connectivity index (χ3n) is 2.83. The topological polar surface area (TPSA) is 106 Å². The molecule has 3 N–H and O–H groups in total. The second-order valence-electron chi connectivity index (χ2n) is 4.27. The van der Waals surface area contributed by atoms with Crippen LogP contribution >= 0.6 is 0 Å². The van der Waals surface area contributed by atoms with Crippen molar-refractivity contribution in [3.05, 3.63) is 24.0 Å². The van der Waals surface area contributed by atoms with E-state index in [1.165, 1.54) is 0 Å². The number of rotatable bonds is 6. The number of sulfonamides is 2. The minimum atomic E-state index is -4.08. The van der Waals surface area contributed by atoms with Gasteiger partial charge in [0.1, 0.15) is 10.7 Å². The minimum absolute atomic E-state index is 0.308. The zero-order valence-electron chi connectivity index (χ0n) is 11.1. The van der Waals surface area contributed by atoms with E-state index in [0.717, 1.165) is 12.1 Å². The van der Waals surface area contributed by atoms with Gasteiger partial charge in [0.05, 0.1) is 4.90 Å². The fourth-order valence-electron chi connectivity index (χ4n) is 1.61. The first-order chi connectivity index (χ1) is 9.11. The van der Waals surface area contributed by atoms with Crippen molar-refractivity contribution < 1.29 is 21.2 Å². The van der Waals surface area contributed by atoms with Crippen molar-refractivity contribution in [2.24, 2.45) is 5.14 Å². The Bertz CT molecular complexity index is 682. The summed E-state index contributed by atoms with van der Waals surface area (Å²) < 4.78 is 62.3. The largest absolute Gasteiger partial charge is 0.243 e. The van der Waals surface area contributed by atoms with Crippen LogP contribution in [0.15, 0.2) is 28.0 Å². The van der Waals surface area contributed by atoms with E-state index in [4.69, 9.17) is 5.14 Å². The Kier molecular flexibility index (Phi) is 5.25. The molecule has 0 aliphatic heterocycles. The van der Waals surface area contributed by atoms with Gasteiger partial charge in [-0.3, -0.25) is 0 Å². The molecule has 20 heavy (non-hydrogen) atoms. The van der Waals surface area contributed by atoms with Gasteiger partial charge >= 0.3 is 0 Å². The molecular formula is C11H17FN2O4S2. The molecule has 0 unspecified atom stereocenters. The summed E-state index contributed by atoms with van der Waals surface area (Å²) in [6.45, 7) is 3.61. The molecule has 0 saturated carbocycles. The third kappa shape index (κ3) is 3.98. The van der Waals surface area contributed by atoms with Crippen molar-refractivity contribution in [2.75, 3.05) is 0 Å². The first kappa shape index (κ1) is 17.0. The van der Waals surface area contributed by atoms with Crippen molar-refractivity contribution in [3.8, 4) is 0 Å². The van der Waals surface area contributed by atoms with E-state index < -0.39 is 35.7 Å². The zero-order valence-corrected chi connectivity index (χ0v) is 12.8. The molecule has 0 bridgehead atoms. The van der Waals surface area contributed by atoms with E-state index in [1.807, 2.05) is 0 Å². The van der Waals surface area contributed by atoms with E-state index in [9.17, 15) is 21.2 Å². The summed E-state index contributed by atoms with van der Waals surface area (Å²) in [6.07, 6.45) is 1.12. The normalized spacial score (nSPS) is 12.8. The highest BCUT2D eigenvalue weighted by atomic mass is 32.2. The Balaban J connectivity index is 3.21. The van der Waals surface area contributed by atoms with Crippen LogP contribution < -0.4 is 9.86 Å². The van der Waals surface area contributed by atoms with Crippen LogP contribution in [0.3, 0.4) is 0 Å². The van der Waals surface area contributed by atoms with Crippen molar-refractivity contribution in [2.45, 2.75) is 42.5 Å². The predicted octanol–water partition coefficient (Wildman–Crippen LogP) is 0.940. The lowest BCUT2D eigenvalue weighted by atomic mass is 10.2. The summed E-state index contributed by atoms with van der Waals surface area (Å²) in [5, 5.41) is 4.85. The van der Waals surface area contributed by atoms with E-state index in [2.05, 4.69) is 4.72 Å². The molecule has 1 rings (SSSR count). The third-order valence-corrected chi connectivity index (χ3v) is 5.29. The molecule has 114 valence electrons. The van der Waals surface area contributed by atoms with Crippen molar-refractivity contribution >= 4 is 20.0 Å². The highest BCUT2D eigenvalue weighted by Gasteiger charge is 2.23. The van der Waals surface area contributed by atoms with Crippen LogP contribution in [-0.2, 0) is 20.0 Å². The average molecular weight is 324 g/mol. The van der Waals surface area contributed by atoms with Crippen LogP contribution in [0.4, 0.5) is 4.39 Å². The van der Waals surface area contributed by atoms with Gasteiger partial charge in [0, 0.05) is 6.04 Å². The number of primary sulfonamides is 1. The van der Waals surface area contributed by atoms with E-state index >= 15 is 0 Å². The minimum Gasteiger partial charge on any atom is -0.225 e. The first-order valence-corrected chi connectivity index (χ1v) is 8.99. The second-order valence-corrected chi connectivity index (χ2v) is 7.52. The number of nitrogens with one attached hydrogen (secondary N) is 1. The molecule has 0 heterocycles. The maximum absolute atomic E-state index is 13.8. The Morgan fingerprint density at radius 2 is 1.75 bits per heavy atom. The molecule has 0 amide bonds. The molecule has 0 fully saturated rings. The Hall–Kier alpha value is -1.03. The van der Waals surface area contributed by atoms with Crippen LogP contribution in [0.2, 0.25) is 0 Å². The summed E-state index contributed by atoms with van der Waals surface area (Å²) in [5.74, 6) is -1.16. The maximum Gasteiger partial charge on any atom is 0.243 e. The van der Waals surface area contributed by atoms with Gasteiger partial charge in [-0.1, -0.05) is 13.8 Å². The number of nitrogens with two attached hydrogens (primary N) is 1. The maximum atomic E-state index is 13.8. The predicted molar refractivity (Wildman–Crippen MR) is 72.5 cm³/mol. The molecule has 0 aliphatic carbocycles. The fraction of sp³-hybridized carbons (Fsp3) is 0.455. The van der Waals surface area contributed by atoms with Crippen LogP contribution in [0.1, 0.15) is 26.7 Å². The van der Waals surface area contributed by atoms with E-state index in [1.54, 1.807) is 13.8 Å². The SMILES string of the molecule is CCC(CC)NS(=O)(=O)c1ccc(S(N)(=O)=O)cc1F. The van der Waals surface area contributed by atoms with Gasteiger partial charge in [-0.25, -0.2) is 31.1 Å². The summed E-state index contributed by atoms with van der Waals surface area (Å²) >= 11 is 0. The molecule has 9 heteroatoms. The molecule has 0 aliphatic rings. The van der Waals surface area contributed by atoms with Gasteiger partial charge in [-0.05, 0) is 31.0 Å². The van der Waals surface area contributed by atoms with Crippen molar-refractivity contribution in [1.29, 1.82) is 0 Å². The van der Waals surface area contributed by atoms with Crippen LogP contribution in [0, 0.1) is 5.82 Å². The Morgan fingerprint density at radius 3 is 2.15 bits per heavy atom. The Morgan fingerprint density at radius 1 is 1.20 bits per heavy atom. The van der Waals surface area contributed by atoms with Gasteiger partial charge in [0.15, 0.2) is 0 Å². The van der Waals surface area contributed by atoms with Gasteiger partial charge in [-0.2, -0.15) is 0 Å². The van der Waals surface area contributed by atoms with Gasteiger partial charge in [0.25, 0.3) is 0 Å². The molecular weight excluding hydrogens is 307 g/mol. The van der Waals surface area contributed by atoms with Crippen molar-refractivity contribution in [3.63, 3.8) is 0 Å². The molecule has 0 atom stereocenters. The molecule has 1 aromatic rings. The highest BCUT2D eigenvalue weighted by Crippen LogP contribution is 2.19. The lowest BCUT2D eigenvalue weighted by Gasteiger charge is -2.15. The monoisotopic (exact) mass is 324 g/mol. The molecule has 0 saturated heterocycles. The first-order valence-electron chi connectivity index (χ1n) is 5.96. The summed E-state index contributed by atoms with van der Waals surface area (Å²) in [6, 6.07) is 2.13. The fourth-order valence-corrected chi connectivity index (χ4v) is 3.60. The van der Waals surface area contributed by atoms with E-state index in [-0.39, 0.29) is 6.04 Å². The second kappa shape index (κ2) is 6.17. The van der Waals surface area contributed by atoms with Crippen molar-refractivity contribution in [1.82, 2.24) is 4.72 Å². The summed E-state index contributed by atoms with van der Waals surface area (Å²) in [5.41, 5.74) is 0. The molecule has 1 aromatic carbocycles. The van der Waals surface area contributed by atoms with Gasteiger partial charge in [-0.15, -0.1) is 0 Å². The lowest BCUT2D eigenvalue weighted by molar-refractivity contribution is 0.519. The number of halogens is 1. The molecule has 0 spiro atoms. The van der Waals surface area contributed by atoms with Gasteiger partial charge in [0.2, 0.25) is 20.0 Å². The smallest absolute Gasteiger partial charge is 0.225 e. The van der Waals surface area contributed by atoms with Crippen LogP contribution in [-0.4, -0.2) is 22.9 Å². The lowest BCUT2D eigenvalue weighted by Crippen LogP contribution is -2.34.